The van der Waals surface area contributed by atoms with Gasteiger partial charge in [0.1, 0.15) is 5.82 Å². The lowest BCUT2D eigenvalue weighted by atomic mass is 10.1. The standard InChI is InChI=1S/C21H20N4O3S/c1-29(27,28)16-6-4-5-15(11-16)24-19-12-20(25-21(26)14-8-9-14)23-13-17(19)18-7-2-3-10-22-18/h2-7,10-14H,8-9H2,1H3,(H2,23,24,25,26). The van der Waals surface area contributed by atoms with E-state index in [-0.39, 0.29) is 16.7 Å². The van der Waals surface area contributed by atoms with Gasteiger partial charge in [-0.1, -0.05) is 12.1 Å². The minimum absolute atomic E-state index is 0.0342. The Morgan fingerprint density at radius 1 is 1.07 bits per heavy atom. The molecule has 0 radical (unpaired) electrons. The van der Waals surface area contributed by atoms with E-state index in [1.807, 2.05) is 18.2 Å². The van der Waals surface area contributed by atoms with Gasteiger partial charge in [0.25, 0.3) is 0 Å². The van der Waals surface area contributed by atoms with Gasteiger partial charge in [-0.15, -0.1) is 0 Å². The van der Waals surface area contributed by atoms with Gasteiger partial charge < -0.3 is 10.6 Å². The van der Waals surface area contributed by atoms with Gasteiger partial charge in [-0.2, -0.15) is 0 Å². The van der Waals surface area contributed by atoms with Gasteiger partial charge in [0, 0.05) is 41.9 Å². The van der Waals surface area contributed by atoms with Crippen molar-refractivity contribution in [1.29, 1.82) is 0 Å². The van der Waals surface area contributed by atoms with Crippen LogP contribution in [-0.4, -0.2) is 30.5 Å². The smallest absolute Gasteiger partial charge is 0.228 e. The van der Waals surface area contributed by atoms with Crippen molar-refractivity contribution in [2.24, 2.45) is 5.92 Å². The predicted molar refractivity (Wildman–Crippen MR) is 112 cm³/mol. The number of aromatic nitrogens is 2. The summed E-state index contributed by atoms with van der Waals surface area (Å²) < 4.78 is 23.8. The summed E-state index contributed by atoms with van der Waals surface area (Å²) in [6, 6.07) is 13.9. The molecule has 7 nitrogen and oxygen atoms in total. The molecule has 1 amide bonds. The second-order valence-electron chi connectivity index (χ2n) is 7.02. The summed E-state index contributed by atoms with van der Waals surface area (Å²) >= 11 is 0. The number of carbonyl (C=O) groups excluding carboxylic acids is 1. The fraction of sp³-hybridized carbons (Fsp3) is 0.190. The zero-order chi connectivity index (χ0) is 20.4. The second-order valence-corrected chi connectivity index (χ2v) is 9.03. The lowest BCUT2D eigenvalue weighted by Gasteiger charge is -2.14. The van der Waals surface area contributed by atoms with Gasteiger partial charge >= 0.3 is 0 Å². The van der Waals surface area contributed by atoms with E-state index in [4.69, 9.17) is 0 Å². The first-order valence-electron chi connectivity index (χ1n) is 9.19. The van der Waals surface area contributed by atoms with Crippen LogP contribution >= 0.6 is 0 Å². The SMILES string of the molecule is CS(=O)(=O)c1cccc(Nc2cc(NC(=O)C3CC3)ncc2-c2ccccn2)c1. The number of sulfone groups is 1. The highest BCUT2D eigenvalue weighted by atomic mass is 32.2. The lowest BCUT2D eigenvalue weighted by Crippen LogP contribution is -2.14. The number of hydrogen-bond donors (Lipinski definition) is 2. The Balaban J connectivity index is 1.71. The highest BCUT2D eigenvalue weighted by Gasteiger charge is 2.30. The third-order valence-electron chi connectivity index (χ3n) is 4.59. The van der Waals surface area contributed by atoms with Crippen molar-refractivity contribution in [1.82, 2.24) is 9.97 Å². The highest BCUT2D eigenvalue weighted by Crippen LogP contribution is 2.33. The normalized spacial score (nSPS) is 13.7. The summed E-state index contributed by atoms with van der Waals surface area (Å²) in [7, 11) is -3.33. The van der Waals surface area contributed by atoms with Gasteiger partial charge in [0.05, 0.1) is 16.3 Å². The van der Waals surface area contributed by atoms with E-state index < -0.39 is 9.84 Å². The zero-order valence-corrected chi connectivity index (χ0v) is 16.6. The summed E-state index contributed by atoms with van der Waals surface area (Å²) in [5.74, 6) is 0.464. The second kappa shape index (κ2) is 7.63. The third-order valence-corrected chi connectivity index (χ3v) is 5.70. The molecule has 148 valence electrons. The summed E-state index contributed by atoms with van der Waals surface area (Å²) in [6.45, 7) is 0. The number of nitrogens with one attached hydrogen (secondary N) is 2. The van der Waals surface area contributed by atoms with Crippen LogP contribution in [0.25, 0.3) is 11.3 Å². The lowest BCUT2D eigenvalue weighted by molar-refractivity contribution is -0.117. The fourth-order valence-corrected chi connectivity index (χ4v) is 3.55. The number of nitrogens with zero attached hydrogens (tertiary/aromatic N) is 2. The Morgan fingerprint density at radius 2 is 1.90 bits per heavy atom. The van der Waals surface area contributed by atoms with Gasteiger partial charge in [-0.3, -0.25) is 9.78 Å². The molecule has 1 aliphatic carbocycles. The van der Waals surface area contributed by atoms with Gasteiger partial charge in [0.2, 0.25) is 5.91 Å². The predicted octanol–water partition coefficient (Wildman–Crippen LogP) is 3.64. The number of anilines is 3. The van der Waals surface area contributed by atoms with Crippen molar-refractivity contribution in [2.75, 3.05) is 16.9 Å². The van der Waals surface area contributed by atoms with Crippen molar-refractivity contribution >= 4 is 32.9 Å². The van der Waals surface area contributed by atoms with E-state index in [0.29, 0.717) is 22.9 Å². The van der Waals surface area contributed by atoms with Crippen molar-refractivity contribution in [2.45, 2.75) is 17.7 Å². The first-order valence-corrected chi connectivity index (χ1v) is 11.1. The molecule has 0 aliphatic heterocycles. The molecule has 2 heterocycles. The van der Waals surface area contributed by atoms with E-state index in [1.165, 1.54) is 6.26 Å². The molecule has 4 rings (SSSR count). The third kappa shape index (κ3) is 4.60. The molecular formula is C21H20N4O3S. The maximum absolute atomic E-state index is 12.1. The summed E-state index contributed by atoms with van der Waals surface area (Å²) in [5, 5.41) is 6.08. The van der Waals surface area contributed by atoms with Crippen LogP contribution < -0.4 is 10.6 Å². The average molecular weight is 408 g/mol. The van der Waals surface area contributed by atoms with Crippen molar-refractivity contribution in [3.05, 3.63) is 60.9 Å². The van der Waals surface area contributed by atoms with Crippen LogP contribution in [0.1, 0.15) is 12.8 Å². The summed E-state index contributed by atoms with van der Waals surface area (Å²) in [6.07, 6.45) is 6.31. The molecule has 3 aromatic rings. The molecule has 0 bridgehead atoms. The number of hydrogen-bond acceptors (Lipinski definition) is 6. The molecule has 2 aromatic heterocycles. The van der Waals surface area contributed by atoms with E-state index in [1.54, 1.807) is 42.7 Å². The Hall–Kier alpha value is -3.26. The first kappa shape index (κ1) is 19.1. The Bertz CT molecular complexity index is 1160. The molecule has 0 unspecified atom stereocenters. The van der Waals surface area contributed by atoms with Crippen LogP contribution in [0.3, 0.4) is 0 Å². The number of benzene rings is 1. The van der Waals surface area contributed by atoms with Gasteiger partial charge in [-0.25, -0.2) is 13.4 Å². The zero-order valence-electron chi connectivity index (χ0n) is 15.8. The minimum atomic E-state index is -3.33. The molecular weight excluding hydrogens is 388 g/mol. The topological polar surface area (TPSA) is 101 Å². The van der Waals surface area contributed by atoms with Crippen LogP contribution in [0.2, 0.25) is 0 Å². The molecule has 1 fully saturated rings. The van der Waals surface area contributed by atoms with Gasteiger partial charge in [-0.05, 0) is 43.2 Å². The quantitative estimate of drug-likeness (QED) is 0.646. The van der Waals surface area contributed by atoms with Crippen LogP contribution in [-0.2, 0) is 14.6 Å². The van der Waals surface area contributed by atoms with Crippen LogP contribution in [0.15, 0.2) is 65.8 Å². The Labute approximate surface area is 169 Å². The van der Waals surface area contributed by atoms with Crippen molar-refractivity contribution < 1.29 is 13.2 Å². The molecule has 0 saturated heterocycles. The summed E-state index contributed by atoms with van der Waals surface area (Å²) in [4.78, 5) is 21.1. The van der Waals surface area contributed by atoms with Crippen molar-refractivity contribution in [3.8, 4) is 11.3 Å². The van der Waals surface area contributed by atoms with Crippen molar-refractivity contribution in [3.63, 3.8) is 0 Å². The molecule has 8 heteroatoms. The van der Waals surface area contributed by atoms with E-state index in [2.05, 4.69) is 20.6 Å². The summed E-state index contributed by atoms with van der Waals surface area (Å²) in [5.41, 5.74) is 2.72. The fourth-order valence-electron chi connectivity index (χ4n) is 2.89. The Kier molecular flexibility index (Phi) is 5.02. The molecule has 0 atom stereocenters. The monoisotopic (exact) mass is 408 g/mol. The molecule has 1 aliphatic rings. The minimum Gasteiger partial charge on any atom is -0.355 e. The van der Waals surface area contributed by atoms with Crippen LogP contribution in [0, 0.1) is 5.92 Å². The Morgan fingerprint density at radius 3 is 2.59 bits per heavy atom. The van der Waals surface area contributed by atoms with E-state index >= 15 is 0 Å². The van der Waals surface area contributed by atoms with Crippen LogP contribution in [0.4, 0.5) is 17.2 Å². The number of pyridine rings is 2. The molecule has 1 saturated carbocycles. The van der Waals surface area contributed by atoms with Gasteiger partial charge in [0.15, 0.2) is 9.84 Å². The average Bonchev–Trinajstić information content (AvgIpc) is 3.54. The molecule has 2 N–H and O–H groups in total. The number of amides is 1. The van der Waals surface area contributed by atoms with E-state index in [0.717, 1.165) is 18.4 Å². The van der Waals surface area contributed by atoms with E-state index in [9.17, 15) is 13.2 Å². The number of rotatable bonds is 6. The molecule has 1 aromatic carbocycles. The van der Waals surface area contributed by atoms with Crippen LogP contribution in [0.5, 0.6) is 0 Å². The first-order chi connectivity index (χ1) is 13.9. The largest absolute Gasteiger partial charge is 0.355 e. The maximum Gasteiger partial charge on any atom is 0.228 e. The highest BCUT2D eigenvalue weighted by molar-refractivity contribution is 7.90. The molecule has 29 heavy (non-hydrogen) atoms. The maximum atomic E-state index is 12.1. The number of carbonyl (C=O) groups is 1. The molecule has 0 spiro atoms.